The zero-order chi connectivity index (χ0) is 20.8. The number of aliphatic imine (C=N–C) groups is 1. The lowest BCUT2D eigenvalue weighted by Gasteiger charge is -2.12. The first-order chi connectivity index (χ1) is 14.1. The second-order valence-electron chi connectivity index (χ2n) is 6.10. The number of ether oxygens (including phenoxy) is 4. The first-order valence-corrected chi connectivity index (χ1v) is 10.4. The van der Waals surface area contributed by atoms with Crippen molar-refractivity contribution in [1.82, 2.24) is 0 Å². The molecule has 1 aliphatic rings. The van der Waals surface area contributed by atoms with Gasteiger partial charge in [-0.25, -0.2) is 4.99 Å². The van der Waals surface area contributed by atoms with Crippen LogP contribution in [0.15, 0.2) is 47.1 Å². The molecule has 0 saturated heterocycles. The fourth-order valence-corrected chi connectivity index (χ4v) is 3.87. The van der Waals surface area contributed by atoms with E-state index in [0.29, 0.717) is 53.2 Å². The Morgan fingerprint density at radius 2 is 1.62 bits per heavy atom. The number of rotatable bonds is 8. The van der Waals surface area contributed by atoms with E-state index in [1.807, 2.05) is 32.0 Å². The molecule has 1 aliphatic heterocycles. The molecule has 7 heteroatoms. The Labute approximate surface area is 175 Å². The molecule has 0 aromatic heterocycles. The minimum absolute atomic E-state index is 0.129. The monoisotopic (exact) mass is 415 g/mol. The predicted molar refractivity (Wildman–Crippen MR) is 117 cm³/mol. The summed E-state index contributed by atoms with van der Waals surface area (Å²) in [7, 11) is 3.14. The molecule has 0 unspecified atom stereocenters. The third-order valence-electron chi connectivity index (χ3n) is 4.30. The standard InChI is InChI=1S/C22H25NO5S/c1-5-27-18-10-8-15(12-20(18)28-6-2)22-23-16(13-29-22)21(24)14-7-9-17(25-3)19(11-14)26-4/h7-12,24H,5-6,13H2,1-4H3. The highest BCUT2D eigenvalue weighted by molar-refractivity contribution is 8.14. The lowest BCUT2D eigenvalue weighted by atomic mass is 10.1. The molecule has 0 saturated carbocycles. The van der Waals surface area contributed by atoms with Gasteiger partial charge in [-0.1, -0.05) is 11.8 Å². The Morgan fingerprint density at radius 1 is 0.931 bits per heavy atom. The number of hydrogen-bond acceptors (Lipinski definition) is 7. The summed E-state index contributed by atoms with van der Waals surface area (Å²) in [5.74, 6) is 3.27. The van der Waals surface area contributed by atoms with E-state index in [-0.39, 0.29) is 5.76 Å². The molecule has 1 heterocycles. The van der Waals surface area contributed by atoms with Gasteiger partial charge in [0.1, 0.15) is 10.8 Å². The van der Waals surface area contributed by atoms with Gasteiger partial charge in [-0.05, 0) is 50.2 Å². The van der Waals surface area contributed by atoms with Gasteiger partial charge in [-0.15, -0.1) is 0 Å². The van der Waals surface area contributed by atoms with Crippen LogP contribution in [0, 0.1) is 0 Å². The summed E-state index contributed by atoms with van der Waals surface area (Å²) in [6.45, 7) is 5.00. The fraction of sp³-hybridized carbons (Fsp3) is 0.318. The van der Waals surface area contributed by atoms with Crippen molar-refractivity contribution in [1.29, 1.82) is 0 Å². The molecular weight excluding hydrogens is 390 g/mol. The Balaban J connectivity index is 1.92. The molecule has 29 heavy (non-hydrogen) atoms. The van der Waals surface area contributed by atoms with Crippen LogP contribution in [-0.4, -0.2) is 43.3 Å². The number of thioether (sulfide) groups is 1. The second kappa shape index (κ2) is 9.60. The van der Waals surface area contributed by atoms with Crippen LogP contribution >= 0.6 is 11.8 Å². The molecule has 0 bridgehead atoms. The van der Waals surface area contributed by atoms with Crippen LogP contribution in [0.3, 0.4) is 0 Å². The fourth-order valence-electron chi connectivity index (χ4n) is 2.93. The first-order valence-electron chi connectivity index (χ1n) is 9.37. The van der Waals surface area contributed by atoms with E-state index >= 15 is 0 Å². The lowest BCUT2D eigenvalue weighted by Crippen LogP contribution is -2.00. The number of aliphatic hydroxyl groups is 1. The molecule has 0 aliphatic carbocycles. The highest BCUT2D eigenvalue weighted by Crippen LogP contribution is 2.36. The average Bonchev–Trinajstić information content (AvgIpc) is 3.24. The van der Waals surface area contributed by atoms with E-state index < -0.39 is 0 Å². The largest absolute Gasteiger partial charge is 0.505 e. The van der Waals surface area contributed by atoms with Crippen LogP contribution in [0.4, 0.5) is 0 Å². The van der Waals surface area contributed by atoms with Crippen molar-refractivity contribution in [2.24, 2.45) is 4.99 Å². The summed E-state index contributed by atoms with van der Waals surface area (Å²) < 4.78 is 21.9. The maximum Gasteiger partial charge on any atom is 0.161 e. The number of hydrogen-bond donors (Lipinski definition) is 1. The zero-order valence-electron chi connectivity index (χ0n) is 17.0. The highest BCUT2D eigenvalue weighted by Gasteiger charge is 2.20. The minimum Gasteiger partial charge on any atom is -0.505 e. The van der Waals surface area contributed by atoms with Crippen LogP contribution in [0.2, 0.25) is 0 Å². The molecular formula is C22H25NO5S. The van der Waals surface area contributed by atoms with Gasteiger partial charge in [-0.2, -0.15) is 0 Å². The molecule has 0 radical (unpaired) electrons. The molecule has 154 valence electrons. The maximum atomic E-state index is 10.7. The predicted octanol–water partition coefficient (Wildman–Crippen LogP) is 4.92. The summed E-state index contributed by atoms with van der Waals surface area (Å²) in [5, 5.41) is 11.6. The van der Waals surface area contributed by atoms with E-state index in [1.54, 1.807) is 44.2 Å². The highest BCUT2D eigenvalue weighted by atomic mass is 32.2. The van der Waals surface area contributed by atoms with Crippen molar-refractivity contribution >= 4 is 22.6 Å². The zero-order valence-corrected chi connectivity index (χ0v) is 17.8. The van der Waals surface area contributed by atoms with E-state index in [2.05, 4.69) is 4.99 Å². The number of benzene rings is 2. The Kier molecular flexibility index (Phi) is 6.93. The van der Waals surface area contributed by atoms with Crippen LogP contribution in [-0.2, 0) is 0 Å². The molecule has 3 rings (SSSR count). The quantitative estimate of drug-likeness (QED) is 0.617. The van der Waals surface area contributed by atoms with Crippen LogP contribution in [0.25, 0.3) is 5.76 Å². The number of nitrogens with zero attached hydrogens (tertiary/aromatic N) is 1. The van der Waals surface area contributed by atoms with Crippen LogP contribution < -0.4 is 18.9 Å². The van der Waals surface area contributed by atoms with Crippen molar-refractivity contribution in [2.45, 2.75) is 13.8 Å². The molecule has 0 spiro atoms. The van der Waals surface area contributed by atoms with Crippen molar-refractivity contribution < 1.29 is 24.1 Å². The Bertz CT molecular complexity index is 939. The van der Waals surface area contributed by atoms with E-state index in [0.717, 1.165) is 10.6 Å². The van der Waals surface area contributed by atoms with Crippen molar-refractivity contribution in [3.05, 3.63) is 53.2 Å². The van der Waals surface area contributed by atoms with E-state index in [1.165, 1.54) is 0 Å². The van der Waals surface area contributed by atoms with Crippen molar-refractivity contribution in [3.8, 4) is 23.0 Å². The van der Waals surface area contributed by atoms with Crippen LogP contribution in [0.1, 0.15) is 25.0 Å². The summed E-state index contributed by atoms with van der Waals surface area (Å²) in [6.07, 6.45) is 0. The van der Waals surface area contributed by atoms with Gasteiger partial charge in [0.2, 0.25) is 0 Å². The van der Waals surface area contributed by atoms with Gasteiger partial charge in [-0.3, -0.25) is 0 Å². The van der Waals surface area contributed by atoms with Crippen molar-refractivity contribution in [2.75, 3.05) is 33.2 Å². The molecule has 0 fully saturated rings. The smallest absolute Gasteiger partial charge is 0.161 e. The molecule has 0 atom stereocenters. The van der Waals surface area contributed by atoms with Gasteiger partial charge in [0, 0.05) is 16.9 Å². The SMILES string of the molecule is CCOc1ccc(C2=NC(=C(O)c3ccc(OC)c(OC)c3)CS2)cc1OCC. The lowest BCUT2D eigenvalue weighted by molar-refractivity contribution is 0.288. The molecule has 0 amide bonds. The van der Waals surface area contributed by atoms with Crippen molar-refractivity contribution in [3.63, 3.8) is 0 Å². The van der Waals surface area contributed by atoms with Gasteiger partial charge in [0.25, 0.3) is 0 Å². The van der Waals surface area contributed by atoms with Gasteiger partial charge in [0.15, 0.2) is 23.0 Å². The van der Waals surface area contributed by atoms with E-state index in [9.17, 15) is 5.11 Å². The summed E-state index contributed by atoms with van der Waals surface area (Å²) in [6, 6.07) is 11.1. The maximum absolute atomic E-state index is 10.7. The third kappa shape index (κ3) is 4.62. The van der Waals surface area contributed by atoms with Gasteiger partial charge in [0.05, 0.1) is 33.1 Å². The summed E-state index contributed by atoms with van der Waals surface area (Å²) in [5.41, 5.74) is 2.17. The number of methoxy groups -OCH3 is 2. The Morgan fingerprint density at radius 3 is 2.31 bits per heavy atom. The normalized spacial score (nSPS) is 15.0. The second-order valence-corrected chi connectivity index (χ2v) is 7.06. The topological polar surface area (TPSA) is 69.5 Å². The van der Waals surface area contributed by atoms with E-state index in [4.69, 9.17) is 18.9 Å². The molecule has 2 aromatic carbocycles. The molecule has 6 nitrogen and oxygen atoms in total. The summed E-state index contributed by atoms with van der Waals surface area (Å²) in [4.78, 5) is 4.65. The van der Waals surface area contributed by atoms with Gasteiger partial charge < -0.3 is 24.1 Å². The summed E-state index contributed by atoms with van der Waals surface area (Å²) >= 11 is 1.57. The molecule has 1 N–H and O–H groups in total. The number of aliphatic hydroxyl groups excluding tert-OH is 1. The average molecular weight is 416 g/mol. The molecule has 2 aromatic rings. The third-order valence-corrected chi connectivity index (χ3v) is 5.32. The van der Waals surface area contributed by atoms with Gasteiger partial charge >= 0.3 is 0 Å². The first kappa shape index (κ1) is 20.9. The Hall–Kier alpha value is -2.80. The van der Waals surface area contributed by atoms with Crippen LogP contribution in [0.5, 0.6) is 23.0 Å². The minimum atomic E-state index is 0.129.